The molecule has 5 heteroatoms. The average Bonchev–Trinajstić information content (AvgIpc) is 2.27. The average molecular weight is 250 g/mol. The number of urea groups is 1. The number of amides is 2. The summed E-state index contributed by atoms with van der Waals surface area (Å²) in [5, 5.41) is 14.2. The second kappa shape index (κ2) is 6.64. The van der Waals surface area contributed by atoms with Gasteiger partial charge in [-0.25, -0.2) is 4.79 Å². The zero-order valence-electron chi connectivity index (χ0n) is 10.5. The SMILES string of the molecule is CC(C)NC(=O)NC(CC(=O)O)c1ccccc1. The van der Waals surface area contributed by atoms with Gasteiger partial charge in [0.2, 0.25) is 0 Å². The molecule has 0 fully saturated rings. The second-order valence-electron chi connectivity index (χ2n) is 4.33. The monoisotopic (exact) mass is 250 g/mol. The predicted octanol–water partition coefficient (Wildman–Crippen LogP) is 1.91. The van der Waals surface area contributed by atoms with Crippen molar-refractivity contribution in [2.45, 2.75) is 32.4 Å². The van der Waals surface area contributed by atoms with Gasteiger partial charge in [-0.1, -0.05) is 30.3 Å². The highest BCUT2D eigenvalue weighted by molar-refractivity contribution is 5.76. The van der Waals surface area contributed by atoms with Crippen LogP contribution in [0.5, 0.6) is 0 Å². The second-order valence-corrected chi connectivity index (χ2v) is 4.33. The van der Waals surface area contributed by atoms with Crippen LogP contribution in [0.25, 0.3) is 0 Å². The fourth-order valence-corrected chi connectivity index (χ4v) is 1.57. The predicted molar refractivity (Wildman–Crippen MR) is 68.2 cm³/mol. The van der Waals surface area contributed by atoms with E-state index >= 15 is 0 Å². The van der Waals surface area contributed by atoms with E-state index in [2.05, 4.69) is 10.6 Å². The van der Waals surface area contributed by atoms with Crippen LogP contribution in [0.15, 0.2) is 30.3 Å². The van der Waals surface area contributed by atoms with E-state index in [1.807, 2.05) is 32.0 Å². The van der Waals surface area contributed by atoms with Gasteiger partial charge < -0.3 is 15.7 Å². The molecule has 0 aliphatic carbocycles. The van der Waals surface area contributed by atoms with Crippen molar-refractivity contribution < 1.29 is 14.7 Å². The van der Waals surface area contributed by atoms with E-state index in [-0.39, 0.29) is 18.5 Å². The van der Waals surface area contributed by atoms with Crippen LogP contribution in [-0.4, -0.2) is 23.1 Å². The number of rotatable bonds is 5. The number of hydrogen-bond acceptors (Lipinski definition) is 2. The topological polar surface area (TPSA) is 78.4 Å². The Labute approximate surface area is 106 Å². The zero-order valence-corrected chi connectivity index (χ0v) is 10.5. The quantitative estimate of drug-likeness (QED) is 0.747. The summed E-state index contributed by atoms with van der Waals surface area (Å²) >= 11 is 0. The first-order chi connectivity index (χ1) is 8.49. The van der Waals surface area contributed by atoms with Crippen molar-refractivity contribution in [3.05, 3.63) is 35.9 Å². The number of carboxylic acids is 1. The molecule has 0 aromatic heterocycles. The van der Waals surface area contributed by atoms with Crippen LogP contribution in [0.4, 0.5) is 4.79 Å². The zero-order chi connectivity index (χ0) is 13.5. The van der Waals surface area contributed by atoms with Gasteiger partial charge in [0.1, 0.15) is 0 Å². The van der Waals surface area contributed by atoms with Crippen LogP contribution in [0.1, 0.15) is 31.9 Å². The van der Waals surface area contributed by atoms with Gasteiger partial charge in [0.25, 0.3) is 0 Å². The number of carboxylic acid groups (broad SMARTS) is 1. The molecule has 18 heavy (non-hydrogen) atoms. The molecule has 5 nitrogen and oxygen atoms in total. The molecular formula is C13H18N2O3. The number of hydrogen-bond donors (Lipinski definition) is 3. The van der Waals surface area contributed by atoms with Crippen molar-refractivity contribution in [3.8, 4) is 0 Å². The third-order valence-corrected chi connectivity index (χ3v) is 2.31. The number of nitrogens with one attached hydrogen (secondary N) is 2. The van der Waals surface area contributed by atoms with Crippen molar-refractivity contribution in [1.29, 1.82) is 0 Å². The molecule has 0 bridgehead atoms. The summed E-state index contributed by atoms with van der Waals surface area (Å²) in [4.78, 5) is 22.4. The normalized spacial score (nSPS) is 11.9. The lowest BCUT2D eigenvalue weighted by Gasteiger charge is -2.19. The molecule has 3 N–H and O–H groups in total. The molecule has 0 heterocycles. The van der Waals surface area contributed by atoms with Crippen LogP contribution in [0.3, 0.4) is 0 Å². The van der Waals surface area contributed by atoms with Crippen molar-refractivity contribution in [2.75, 3.05) is 0 Å². The van der Waals surface area contributed by atoms with Gasteiger partial charge >= 0.3 is 12.0 Å². The van der Waals surface area contributed by atoms with Crippen molar-refractivity contribution >= 4 is 12.0 Å². The van der Waals surface area contributed by atoms with Gasteiger partial charge in [0, 0.05) is 6.04 Å². The lowest BCUT2D eigenvalue weighted by atomic mass is 10.0. The minimum Gasteiger partial charge on any atom is -0.481 e. The molecule has 1 aromatic carbocycles. The van der Waals surface area contributed by atoms with Crippen molar-refractivity contribution in [1.82, 2.24) is 10.6 Å². The van der Waals surface area contributed by atoms with Crippen LogP contribution >= 0.6 is 0 Å². The van der Waals surface area contributed by atoms with Gasteiger partial charge in [-0.2, -0.15) is 0 Å². The van der Waals surface area contributed by atoms with E-state index < -0.39 is 12.0 Å². The van der Waals surface area contributed by atoms with Crippen molar-refractivity contribution in [3.63, 3.8) is 0 Å². The summed E-state index contributed by atoms with van der Waals surface area (Å²) in [5.74, 6) is -0.950. The number of carbonyl (C=O) groups is 2. The minimum absolute atomic E-state index is 0.00579. The van der Waals surface area contributed by atoms with Crippen LogP contribution in [0.2, 0.25) is 0 Å². The lowest BCUT2D eigenvalue weighted by molar-refractivity contribution is -0.137. The lowest BCUT2D eigenvalue weighted by Crippen LogP contribution is -2.41. The largest absolute Gasteiger partial charge is 0.481 e. The molecule has 0 radical (unpaired) electrons. The van der Waals surface area contributed by atoms with E-state index in [4.69, 9.17) is 5.11 Å². The van der Waals surface area contributed by atoms with Crippen molar-refractivity contribution in [2.24, 2.45) is 0 Å². The molecule has 2 amide bonds. The maximum atomic E-state index is 11.6. The first kappa shape index (κ1) is 14.0. The van der Waals surface area contributed by atoms with Crippen LogP contribution < -0.4 is 10.6 Å². The third kappa shape index (κ3) is 4.86. The molecule has 1 unspecified atom stereocenters. The highest BCUT2D eigenvalue weighted by atomic mass is 16.4. The summed E-state index contributed by atoms with van der Waals surface area (Å²) in [7, 11) is 0. The van der Waals surface area contributed by atoms with E-state index in [1.165, 1.54) is 0 Å². The Morgan fingerprint density at radius 1 is 1.17 bits per heavy atom. The Morgan fingerprint density at radius 2 is 1.78 bits per heavy atom. The highest BCUT2D eigenvalue weighted by Crippen LogP contribution is 2.16. The van der Waals surface area contributed by atoms with Gasteiger partial charge in [-0.3, -0.25) is 4.79 Å². The molecular weight excluding hydrogens is 232 g/mol. The number of aliphatic carboxylic acids is 1. The minimum atomic E-state index is -0.950. The summed E-state index contributed by atoms with van der Waals surface area (Å²) in [6.07, 6.45) is -0.143. The van der Waals surface area contributed by atoms with E-state index in [0.717, 1.165) is 5.56 Å². The highest BCUT2D eigenvalue weighted by Gasteiger charge is 2.17. The molecule has 0 saturated heterocycles. The molecule has 0 spiro atoms. The molecule has 0 aliphatic heterocycles. The molecule has 1 atom stereocenters. The fraction of sp³-hybridized carbons (Fsp3) is 0.385. The molecule has 1 aromatic rings. The first-order valence-corrected chi connectivity index (χ1v) is 5.83. The maximum absolute atomic E-state index is 11.6. The van der Waals surface area contributed by atoms with Crippen LogP contribution in [0, 0.1) is 0 Å². The van der Waals surface area contributed by atoms with Gasteiger partial charge in [0.05, 0.1) is 12.5 Å². The van der Waals surface area contributed by atoms with Gasteiger partial charge in [0.15, 0.2) is 0 Å². The summed E-state index contributed by atoms with van der Waals surface area (Å²) < 4.78 is 0. The first-order valence-electron chi connectivity index (χ1n) is 5.83. The molecule has 0 aliphatic rings. The Hall–Kier alpha value is -2.04. The Bertz CT molecular complexity index is 404. The Balaban J connectivity index is 2.73. The summed E-state index contributed by atoms with van der Waals surface area (Å²) in [6.45, 7) is 3.68. The molecule has 98 valence electrons. The third-order valence-electron chi connectivity index (χ3n) is 2.31. The van der Waals surface area contributed by atoms with Crippen LogP contribution in [-0.2, 0) is 4.79 Å². The smallest absolute Gasteiger partial charge is 0.315 e. The van der Waals surface area contributed by atoms with E-state index in [9.17, 15) is 9.59 Å². The standard InChI is InChI=1S/C13H18N2O3/c1-9(2)14-13(18)15-11(8-12(16)17)10-6-4-3-5-7-10/h3-7,9,11H,8H2,1-2H3,(H,16,17)(H2,14,15,18). The van der Waals surface area contributed by atoms with E-state index in [0.29, 0.717) is 0 Å². The van der Waals surface area contributed by atoms with Gasteiger partial charge in [-0.05, 0) is 19.4 Å². The summed E-state index contributed by atoms with van der Waals surface area (Å²) in [5.41, 5.74) is 0.777. The maximum Gasteiger partial charge on any atom is 0.315 e. The summed E-state index contributed by atoms with van der Waals surface area (Å²) in [6, 6.07) is 8.18. The number of benzene rings is 1. The van der Waals surface area contributed by atoms with Gasteiger partial charge in [-0.15, -0.1) is 0 Å². The van der Waals surface area contributed by atoms with E-state index in [1.54, 1.807) is 12.1 Å². The number of carbonyl (C=O) groups excluding carboxylic acids is 1. The molecule has 0 saturated carbocycles. The Kier molecular flexibility index (Phi) is 5.17. The fourth-order valence-electron chi connectivity index (χ4n) is 1.57. The Morgan fingerprint density at radius 3 is 2.28 bits per heavy atom. The molecule has 1 rings (SSSR count).